The van der Waals surface area contributed by atoms with E-state index in [9.17, 15) is 10.1 Å². The molecule has 0 N–H and O–H groups in total. The molecule has 1 amide bonds. The SMILES string of the molecule is COCCN(C)c1cc(Cc2ccc(C(=O)N3CCOCC3)cc2OC)nc2c1C(C#N)=CC2. The molecule has 1 saturated heterocycles. The molecule has 1 aromatic carbocycles. The number of carbonyl (C=O) groups is 1. The van der Waals surface area contributed by atoms with Crippen molar-refractivity contribution in [2.45, 2.75) is 12.8 Å². The second kappa shape index (κ2) is 10.7. The zero-order chi connectivity index (χ0) is 24.1. The molecule has 0 spiro atoms. The van der Waals surface area contributed by atoms with Crippen molar-refractivity contribution >= 4 is 17.2 Å². The van der Waals surface area contributed by atoms with E-state index in [0.717, 1.165) is 28.2 Å². The number of rotatable bonds is 8. The number of amides is 1. The number of allylic oxidation sites excluding steroid dienone is 2. The van der Waals surface area contributed by atoms with Crippen LogP contribution in [-0.4, -0.2) is 76.5 Å². The van der Waals surface area contributed by atoms with Crippen LogP contribution in [0.3, 0.4) is 0 Å². The number of morpholine rings is 1. The molecule has 0 radical (unpaired) electrons. The summed E-state index contributed by atoms with van der Waals surface area (Å²) in [4.78, 5) is 21.7. The summed E-state index contributed by atoms with van der Waals surface area (Å²) in [6.07, 6.45) is 3.12. The molecule has 2 aromatic rings. The smallest absolute Gasteiger partial charge is 0.254 e. The Labute approximate surface area is 200 Å². The van der Waals surface area contributed by atoms with Crippen LogP contribution < -0.4 is 9.64 Å². The predicted molar refractivity (Wildman–Crippen MR) is 129 cm³/mol. The van der Waals surface area contributed by atoms with Crippen molar-refractivity contribution in [3.8, 4) is 11.8 Å². The Hall–Kier alpha value is -3.41. The molecule has 34 heavy (non-hydrogen) atoms. The first kappa shape index (κ1) is 23.7. The maximum Gasteiger partial charge on any atom is 0.254 e. The van der Waals surface area contributed by atoms with Gasteiger partial charge in [-0.05, 0) is 18.2 Å². The van der Waals surface area contributed by atoms with Gasteiger partial charge in [-0.25, -0.2) is 0 Å². The minimum Gasteiger partial charge on any atom is -0.496 e. The van der Waals surface area contributed by atoms with Crippen LogP contribution in [0, 0.1) is 11.3 Å². The Bertz CT molecular complexity index is 1130. The number of anilines is 1. The molecule has 8 nitrogen and oxygen atoms in total. The van der Waals surface area contributed by atoms with E-state index in [0.29, 0.717) is 69.2 Å². The number of methoxy groups -OCH3 is 2. The van der Waals surface area contributed by atoms with Gasteiger partial charge in [-0.1, -0.05) is 12.1 Å². The van der Waals surface area contributed by atoms with Crippen LogP contribution in [0.25, 0.3) is 5.57 Å². The highest BCUT2D eigenvalue weighted by Gasteiger charge is 2.24. The van der Waals surface area contributed by atoms with Gasteiger partial charge in [-0.3, -0.25) is 9.78 Å². The molecule has 0 bridgehead atoms. The summed E-state index contributed by atoms with van der Waals surface area (Å²) in [5.41, 5.74) is 5.89. The van der Waals surface area contributed by atoms with Gasteiger partial charge in [0.25, 0.3) is 5.91 Å². The van der Waals surface area contributed by atoms with E-state index >= 15 is 0 Å². The third-order valence-corrected chi connectivity index (χ3v) is 6.26. The van der Waals surface area contributed by atoms with Crippen molar-refractivity contribution in [2.75, 3.05) is 65.6 Å². The molecule has 2 aliphatic rings. The van der Waals surface area contributed by atoms with Gasteiger partial charge >= 0.3 is 0 Å². The van der Waals surface area contributed by atoms with Gasteiger partial charge < -0.3 is 24.0 Å². The fourth-order valence-corrected chi connectivity index (χ4v) is 4.39. The number of carbonyl (C=O) groups excluding carboxylic acids is 1. The fraction of sp³-hybridized carbons (Fsp3) is 0.423. The van der Waals surface area contributed by atoms with Crippen LogP contribution in [0.15, 0.2) is 30.3 Å². The van der Waals surface area contributed by atoms with Crippen LogP contribution >= 0.6 is 0 Å². The highest BCUT2D eigenvalue weighted by molar-refractivity contribution is 5.95. The number of hydrogen-bond donors (Lipinski definition) is 0. The quantitative estimate of drug-likeness (QED) is 0.596. The molecule has 0 unspecified atom stereocenters. The Morgan fingerprint density at radius 3 is 2.76 bits per heavy atom. The summed E-state index contributed by atoms with van der Waals surface area (Å²) < 4.78 is 16.2. The van der Waals surface area contributed by atoms with Gasteiger partial charge in [0.15, 0.2) is 0 Å². The zero-order valence-corrected chi connectivity index (χ0v) is 20.0. The first-order chi connectivity index (χ1) is 16.5. The first-order valence-electron chi connectivity index (χ1n) is 11.4. The maximum absolute atomic E-state index is 12.9. The monoisotopic (exact) mass is 462 g/mol. The largest absolute Gasteiger partial charge is 0.496 e. The number of nitrogens with zero attached hydrogens (tertiary/aromatic N) is 4. The zero-order valence-electron chi connectivity index (χ0n) is 20.0. The molecule has 8 heteroatoms. The highest BCUT2D eigenvalue weighted by atomic mass is 16.5. The Morgan fingerprint density at radius 2 is 2.06 bits per heavy atom. The normalized spacial score (nSPS) is 14.9. The molecule has 178 valence electrons. The van der Waals surface area contributed by atoms with Crippen LogP contribution in [0.5, 0.6) is 5.75 Å². The van der Waals surface area contributed by atoms with E-state index < -0.39 is 0 Å². The predicted octanol–water partition coefficient (Wildman–Crippen LogP) is 2.70. The lowest BCUT2D eigenvalue weighted by Crippen LogP contribution is -2.40. The topological polar surface area (TPSA) is 87.9 Å². The van der Waals surface area contributed by atoms with Crippen molar-refractivity contribution < 1.29 is 19.0 Å². The molecule has 1 aliphatic heterocycles. The third-order valence-electron chi connectivity index (χ3n) is 6.26. The number of likely N-dealkylation sites (N-methyl/N-ethyl adjacent to an activating group) is 1. The second-order valence-electron chi connectivity index (χ2n) is 8.41. The Morgan fingerprint density at radius 1 is 1.26 bits per heavy atom. The second-order valence-corrected chi connectivity index (χ2v) is 8.41. The molecule has 0 atom stereocenters. The lowest BCUT2D eigenvalue weighted by atomic mass is 10.0. The van der Waals surface area contributed by atoms with E-state index in [1.165, 1.54) is 0 Å². The summed E-state index contributed by atoms with van der Waals surface area (Å²) in [5.74, 6) is 0.646. The molecule has 1 aromatic heterocycles. The van der Waals surface area contributed by atoms with Crippen LogP contribution in [0.1, 0.15) is 32.9 Å². The maximum atomic E-state index is 12.9. The number of fused-ring (bicyclic) bond motifs is 1. The number of hydrogen-bond acceptors (Lipinski definition) is 7. The van der Waals surface area contributed by atoms with Crippen molar-refractivity contribution in [1.29, 1.82) is 5.26 Å². The van der Waals surface area contributed by atoms with Gasteiger partial charge in [0, 0.05) is 74.7 Å². The number of aromatic nitrogens is 1. The molecule has 1 aliphatic carbocycles. The van der Waals surface area contributed by atoms with E-state index in [1.54, 1.807) is 14.2 Å². The number of nitriles is 1. The molecular formula is C26H30N4O4. The average Bonchev–Trinajstić information content (AvgIpc) is 3.30. The summed E-state index contributed by atoms with van der Waals surface area (Å²) >= 11 is 0. The van der Waals surface area contributed by atoms with Crippen molar-refractivity contribution in [2.24, 2.45) is 0 Å². The number of benzene rings is 1. The average molecular weight is 463 g/mol. The van der Waals surface area contributed by atoms with Crippen molar-refractivity contribution in [3.63, 3.8) is 0 Å². The minimum absolute atomic E-state index is 0.0130. The summed E-state index contributed by atoms with van der Waals surface area (Å²) in [6, 6.07) is 9.94. The molecular weight excluding hydrogens is 432 g/mol. The molecule has 1 fully saturated rings. The number of pyridine rings is 1. The van der Waals surface area contributed by atoms with Gasteiger partial charge in [-0.2, -0.15) is 5.26 Å². The third kappa shape index (κ3) is 4.91. The molecule has 0 saturated carbocycles. The van der Waals surface area contributed by atoms with Gasteiger partial charge in [0.1, 0.15) is 5.75 Å². The lowest BCUT2D eigenvalue weighted by Gasteiger charge is -2.27. The summed E-state index contributed by atoms with van der Waals surface area (Å²) in [5, 5.41) is 9.59. The summed E-state index contributed by atoms with van der Waals surface area (Å²) in [6.45, 7) is 3.61. The Kier molecular flexibility index (Phi) is 7.46. The minimum atomic E-state index is -0.0130. The summed E-state index contributed by atoms with van der Waals surface area (Å²) in [7, 11) is 5.29. The van der Waals surface area contributed by atoms with E-state index in [2.05, 4.69) is 11.0 Å². The van der Waals surface area contributed by atoms with Crippen LogP contribution in [-0.2, 0) is 22.3 Å². The Balaban J connectivity index is 1.62. The first-order valence-corrected chi connectivity index (χ1v) is 11.4. The van der Waals surface area contributed by atoms with Crippen LogP contribution in [0.2, 0.25) is 0 Å². The van der Waals surface area contributed by atoms with Gasteiger partial charge in [-0.15, -0.1) is 0 Å². The standard InChI is InChI=1S/C26H30N4O4/c1-29(8-11-32-2)23-16-21(28-22-7-6-20(17-27)25(22)23)14-18-4-5-19(15-24(18)33-3)26(31)30-9-12-34-13-10-30/h4-6,15-16H,7-14H2,1-3H3. The molecule has 4 rings (SSSR count). The lowest BCUT2D eigenvalue weighted by molar-refractivity contribution is 0.0302. The van der Waals surface area contributed by atoms with Crippen LogP contribution in [0.4, 0.5) is 5.69 Å². The fourth-order valence-electron chi connectivity index (χ4n) is 4.39. The van der Waals surface area contributed by atoms with E-state index in [-0.39, 0.29) is 5.91 Å². The molecule has 2 heterocycles. The van der Waals surface area contributed by atoms with E-state index in [4.69, 9.17) is 19.2 Å². The number of ether oxygens (including phenoxy) is 3. The highest BCUT2D eigenvalue weighted by Crippen LogP contribution is 2.35. The van der Waals surface area contributed by atoms with Crippen molar-refractivity contribution in [3.05, 3.63) is 58.4 Å². The van der Waals surface area contributed by atoms with Crippen molar-refractivity contribution in [1.82, 2.24) is 9.88 Å². The van der Waals surface area contributed by atoms with E-state index in [1.807, 2.05) is 42.3 Å². The van der Waals surface area contributed by atoms with Gasteiger partial charge in [0.2, 0.25) is 0 Å². The van der Waals surface area contributed by atoms with Gasteiger partial charge in [0.05, 0.1) is 44.3 Å².